The van der Waals surface area contributed by atoms with Gasteiger partial charge in [0, 0.05) is 0 Å². The second-order valence-electron chi connectivity index (χ2n) is 3.89. The highest BCUT2D eigenvalue weighted by atomic mass is 32.2. The van der Waals surface area contributed by atoms with E-state index in [0.717, 1.165) is 16.7 Å². The van der Waals surface area contributed by atoms with Crippen LogP contribution >= 0.6 is 0 Å². The first-order valence-corrected chi connectivity index (χ1v) is 6.72. The second-order valence-corrected chi connectivity index (χ2v) is 5.45. The number of benzene rings is 2. The van der Waals surface area contributed by atoms with E-state index in [0.29, 0.717) is 0 Å². The van der Waals surface area contributed by atoms with Crippen molar-refractivity contribution in [2.45, 2.75) is 11.8 Å². The van der Waals surface area contributed by atoms with Crippen LogP contribution in [-0.4, -0.2) is 8.42 Å². The minimum atomic E-state index is -3.62. The molecule has 0 amide bonds. The summed E-state index contributed by atoms with van der Waals surface area (Å²) in [7, 11) is -3.62. The van der Waals surface area contributed by atoms with Crippen LogP contribution in [0.4, 0.5) is 0 Å². The molecule has 0 saturated carbocycles. The van der Waals surface area contributed by atoms with Crippen LogP contribution in [0.5, 0.6) is 0 Å². The molecule has 3 nitrogen and oxygen atoms in total. The third-order valence-electron chi connectivity index (χ3n) is 2.61. The molecule has 0 aromatic heterocycles. The van der Waals surface area contributed by atoms with Crippen LogP contribution in [-0.2, 0) is 10.0 Å². The van der Waals surface area contributed by atoms with Crippen LogP contribution < -0.4 is 5.14 Å². The summed E-state index contributed by atoms with van der Waals surface area (Å²) >= 11 is 0. The third-order valence-corrected chi connectivity index (χ3v) is 3.52. The maximum atomic E-state index is 11.2. The molecule has 0 radical (unpaired) electrons. The summed E-state index contributed by atoms with van der Waals surface area (Å²) in [5.74, 6) is 0. The van der Waals surface area contributed by atoms with Crippen molar-refractivity contribution in [2.24, 2.45) is 5.14 Å². The Morgan fingerprint density at radius 1 is 1.00 bits per heavy atom. The lowest BCUT2D eigenvalue weighted by Crippen LogP contribution is -2.12. The largest absolute Gasteiger partial charge is 0.238 e. The lowest BCUT2D eigenvalue weighted by molar-refractivity contribution is 0.597. The van der Waals surface area contributed by atoms with Crippen molar-refractivity contribution in [2.75, 3.05) is 0 Å². The van der Waals surface area contributed by atoms with Gasteiger partial charge in [0.25, 0.3) is 0 Å². The van der Waals surface area contributed by atoms with E-state index in [1.165, 1.54) is 6.07 Å². The zero-order valence-corrected chi connectivity index (χ0v) is 10.2. The molecule has 2 aromatic rings. The molecule has 0 aliphatic carbocycles. The lowest BCUT2D eigenvalue weighted by Gasteiger charge is -2.07. The van der Waals surface area contributed by atoms with Crippen LogP contribution in [0, 0.1) is 6.92 Å². The van der Waals surface area contributed by atoms with E-state index in [4.69, 9.17) is 5.14 Å². The maximum absolute atomic E-state index is 11.2. The van der Waals surface area contributed by atoms with E-state index in [9.17, 15) is 8.42 Å². The summed E-state index contributed by atoms with van der Waals surface area (Å²) in [6.45, 7) is 1.87. The van der Waals surface area contributed by atoms with Crippen LogP contribution in [0.15, 0.2) is 53.4 Å². The topological polar surface area (TPSA) is 60.2 Å². The minimum absolute atomic E-state index is 0.148. The summed E-state index contributed by atoms with van der Waals surface area (Å²) in [6, 6.07) is 14.7. The molecule has 0 spiro atoms. The first kappa shape index (κ1) is 11.8. The molecule has 0 bridgehead atoms. The van der Waals surface area contributed by atoms with Crippen LogP contribution in [0.2, 0.25) is 0 Å². The predicted octanol–water partition coefficient (Wildman–Crippen LogP) is 2.31. The molecular formula is C13H13NO2S. The zero-order chi connectivity index (χ0) is 12.5. The van der Waals surface area contributed by atoms with Crippen LogP contribution in [0.3, 0.4) is 0 Å². The number of primary sulfonamides is 1. The number of aryl methyl sites for hydroxylation is 1. The van der Waals surface area contributed by atoms with Crippen LogP contribution in [0.25, 0.3) is 11.1 Å². The number of nitrogens with two attached hydrogens (primary N) is 1. The molecule has 0 aliphatic heterocycles. The minimum Gasteiger partial charge on any atom is -0.225 e. The van der Waals surface area contributed by atoms with Crippen molar-refractivity contribution in [1.29, 1.82) is 0 Å². The average molecular weight is 247 g/mol. The normalized spacial score (nSPS) is 11.4. The van der Waals surface area contributed by atoms with Gasteiger partial charge < -0.3 is 0 Å². The second kappa shape index (κ2) is 4.31. The monoisotopic (exact) mass is 247 g/mol. The van der Waals surface area contributed by atoms with E-state index in [1.807, 2.05) is 37.3 Å². The predicted molar refractivity (Wildman–Crippen MR) is 68.0 cm³/mol. The van der Waals surface area contributed by atoms with E-state index in [-0.39, 0.29) is 4.90 Å². The Morgan fingerprint density at radius 2 is 1.65 bits per heavy atom. The Bertz CT molecular complexity index is 634. The standard InChI is InChI=1S/C13H13NO2S/c1-10-9-12(17(14,15)16)7-8-13(10)11-5-3-2-4-6-11/h2-9H,1H3,(H2,14,15,16). The number of rotatable bonds is 2. The van der Waals surface area contributed by atoms with E-state index >= 15 is 0 Å². The molecule has 2 N–H and O–H groups in total. The molecule has 88 valence electrons. The molecule has 2 aromatic carbocycles. The van der Waals surface area contributed by atoms with Gasteiger partial charge in [0.2, 0.25) is 10.0 Å². The Hall–Kier alpha value is -1.65. The van der Waals surface area contributed by atoms with Gasteiger partial charge in [-0.2, -0.15) is 0 Å². The Morgan fingerprint density at radius 3 is 2.18 bits per heavy atom. The van der Waals surface area contributed by atoms with Gasteiger partial charge in [0.05, 0.1) is 4.90 Å². The average Bonchev–Trinajstić information content (AvgIpc) is 2.29. The van der Waals surface area contributed by atoms with Crippen molar-refractivity contribution in [3.8, 4) is 11.1 Å². The fraction of sp³-hybridized carbons (Fsp3) is 0.0769. The number of sulfonamides is 1. The highest BCUT2D eigenvalue weighted by molar-refractivity contribution is 7.89. The Balaban J connectivity index is 2.54. The summed E-state index contributed by atoms with van der Waals surface area (Å²) in [5, 5.41) is 5.09. The first-order chi connectivity index (χ1) is 7.98. The molecule has 0 heterocycles. The number of hydrogen-bond acceptors (Lipinski definition) is 2. The smallest absolute Gasteiger partial charge is 0.225 e. The summed E-state index contributed by atoms with van der Waals surface area (Å²) in [5.41, 5.74) is 2.96. The molecular weight excluding hydrogens is 234 g/mol. The summed E-state index contributed by atoms with van der Waals surface area (Å²) < 4.78 is 22.4. The number of hydrogen-bond donors (Lipinski definition) is 1. The van der Waals surface area contributed by atoms with Gasteiger partial charge in [-0.15, -0.1) is 0 Å². The third kappa shape index (κ3) is 2.54. The molecule has 0 saturated heterocycles. The summed E-state index contributed by atoms with van der Waals surface area (Å²) in [4.78, 5) is 0.148. The fourth-order valence-corrected chi connectivity index (χ4v) is 2.35. The molecule has 4 heteroatoms. The van der Waals surface area contributed by atoms with E-state index in [1.54, 1.807) is 12.1 Å². The Labute approximate surface area is 101 Å². The fourth-order valence-electron chi connectivity index (χ4n) is 1.75. The van der Waals surface area contributed by atoms with Gasteiger partial charge in [-0.1, -0.05) is 36.4 Å². The van der Waals surface area contributed by atoms with Crippen LogP contribution in [0.1, 0.15) is 5.56 Å². The van der Waals surface area contributed by atoms with Crippen molar-refractivity contribution >= 4 is 10.0 Å². The Kier molecular flexibility index (Phi) is 3.00. The molecule has 0 unspecified atom stereocenters. The van der Waals surface area contributed by atoms with Crippen molar-refractivity contribution in [1.82, 2.24) is 0 Å². The summed E-state index contributed by atoms with van der Waals surface area (Å²) in [6.07, 6.45) is 0. The van der Waals surface area contributed by atoms with Gasteiger partial charge in [-0.05, 0) is 35.7 Å². The zero-order valence-electron chi connectivity index (χ0n) is 9.42. The lowest BCUT2D eigenvalue weighted by atomic mass is 10.0. The SMILES string of the molecule is Cc1cc(S(N)(=O)=O)ccc1-c1ccccc1. The van der Waals surface area contributed by atoms with E-state index < -0.39 is 10.0 Å². The molecule has 0 fully saturated rings. The van der Waals surface area contributed by atoms with Gasteiger partial charge >= 0.3 is 0 Å². The molecule has 0 aliphatic rings. The van der Waals surface area contributed by atoms with Gasteiger partial charge in [0.15, 0.2) is 0 Å². The first-order valence-electron chi connectivity index (χ1n) is 5.17. The highest BCUT2D eigenvalue weighted by Gasteiger charge is 2.09. The van der Waals surface area contributed by atoms with Gasteiger partial charge in [-0.3, -0.25) is 0 Å². The maximum Gasteiger partial charge on any atom is 0.238 e. The quantitative estimate of drug-likeness (QED) is 0.885. The molecule has 2 rings (SSSR count). The van der Waals surface area contributed by atoms with E-state index in [2.05, 4.69) is 0 Å². The van der Waals surface area contributed by atoms with Crippen molar-refractivity contribution < 1.29 is 8.42 Å². The van der Waals surface area contributed by atoms with Crippen molar-refractivity contribution in [3.63, 3.8) is 0 Å². The van der Waals surface area contributed by atoms with Gasteiger partial charge in [-0.25, -0.2) is 13.6 Å². The highest BCUT2D eigenvalue weighted by Crippen LogP contribution is 2.24. The molecule has 17 heavy (non-hydrogen) atoms. The molecule has 0 atom stereocenters. The van der Waals surface area contributed by atoms with Gasteiger partial charge in [0.1, 0.15) is 0 Å². The van der Waals surface area contributed by atoms with Crippen molar-refractivity contribution in [3.05, 3.63) is 54.1 Å².